The zero-order chi connectivity index (χ0) is 20.8. The molecular weight excluding hydrogens is 350 g/mol. The molecule has 0 saturated heterocycles. The number of esters is 1. The molecule has 4 N–H and O–H groups in total. The summed E-state index contributed by atoms with van der Waals surface area (Å²) in [6, 6.07) is 6.04. The number of hydrogen-bond donors (Lipinski definition) is 3. The molecule has 0 bridgehead atoms. The van der Waals surface area contributed by atoms with Crippen LogP contribution in [-0.4, -0.2) is 36.5 Å². The molecule has 0 fully saturated rings. The van der Waals surface area contributed by atoms with E-state index in [1.807, 2.05) is 17.4 Å². The third kappa shape index (κ3) is 7.08. The van der Waals surface area contributed by atoms with Crippen LogP contribution in [-0.2, 0) is 19.7 Å². The SMILES string of the molecule is CC(C)C(OC(=O)CNC(=O)c1ccc(C(C)(C)C)cc1)C(=O)NC(N)=O. The highest BCUT2D eigenvalue weighted by Gasteiger charge is 2.27. The minimum absolute atomic E-state index is 0.0316. The van der Waals surface area contributed by atoms with Gasteiger partial charge in [-0.3, -0.25) is 19.7 Å². The van der Waals surface area contributed by atoms with Crippen LogP contribution in [0.1, 0.15) is 50.5 Å². The van der Waals surface area contributed by atoms with Crippen LogP contribution >= 0.6 is 0 Å². The molecule has 0 radical (unpaired) electrons. The van der Waals surface area contributed by atoms with Crippen LogP contribution in [0.2, 0.25) is 0 Å². The van der Waals surface area contributed by atoms with Crippen LogP contribution in [0, 0.1) is 5.92 Å². The molecule has 8 heteroatoms. The number of rotatable bonds is 6. The van der Waals surface area contributed by atoms with Crippen molar-refractivity contribution in [3.05, 3.63) is 35.4 Å². The highest BCUT2D eigenvalue weighted by molar-refractivity contribution is 5.98. The lowest BCUT2D eigenvalue weighted by molar-refractivity contribution is -0.157. The molecule has 4 amide bonds. The van der Waals surface area contributed by atoms with Crippen molar-refractivity contribution in [1.29, 1.82) is 0 Å². The van der Waals surface area contributed by atoms with Crippen molar-refractivity contribution in [2.24, 2.45) is 11.7 Å². The fraction of sp³-hybridized carbons (Fsp3) is 0.474. The predicted octanol–water partition coefficient (Wildman–Crippen LogP) is 1.48. The second-order valence-corrected chi connectivity index (χ2v) is 7.52. The summed E-state index contributed by atoms with van der Waals surface area (Å²) in [4.78, 5) is 46.7. The van der Waals surface area contributed by atoms with Crippen LogP contribution in [0.25, 0.3) is 0 Å². The highest BCUT2D eigenvalue weighted by Crippen LogP contribution is 2.22. The van der Waals surface area contributed by atoms with Crippen molar-refractivity contribution in [1.82, 2.24) is 10.6 Å². The van der Waals surface area contributed by atoms with Gasteiger partial charge in [-0.15, -0.1) is 0 Å². The average molecular weight is 377 g/mol. The number of benzene rings is 1. The maximum Gasteiger partial charge on any atom is 0.326 e. The molecule has 1 aromatic carbocycles. The molecule has 0 aliphatic heterocycles. The molecule has 1 rings (SSSR count). The summed E-state index contributed by atoms with van der Waals surface area (Å²) in [5.41, 5.74) is 6.35. The van der Waals surface area contributed by atoms with Gasteiger partial charge in [0.25, 0.3) is 11.8 Å². The fourth-order valence-electron chi connectivity index (χ4n) is 2.24. The first kappa shape index (κ1) is 22.1. The molecule has 0 spiro atoms. The molecule has 0 aromatic heterocycles. The molecular formula is C19H27N3O5. The Labute approximate surface area is 158 Å². The van der Waals surface area contributed by atoms with Crippen LogP contribution in [0.4, 0.5) is 4.79 Å². The number of carbonyl (C=O) groups excluding carboxylic acids is 4. The van der Waals surface area contributed by atoms with Gasteiger partial charge >= 0.3 is 12.0 Å². The summed E-state index contributed by atoms with van der Waals surface area (Å²) in [6.45, 7) is 9.08. The van der Waals surface area contributed by atoms with Crippen molar-refractivity contribution in [3.63, 3.8) is 0 Å². The quantitative estimate of drug-likeness (QED) is 0.647. The second kappa shape index (κ2) is 9.16. The van der Waals surface area contributed by atoms with E-state index >= 15 is 0 Å². The third-order valence-corrected chi connectivity index (χ3v) is 3.78. The van der Waals surface area contributed by atoms with E-state index in [2.05, 4.69) is 26.1 Å². The number of amides is 4. The molecule has 8 nitrogen and oxygen atoms in total. The summed E-state index contributed by atoms with van der Waals surface area (Å²) in [5, 5.41) is 4.32. The van der Waals surface area contributed by atoms with E-state index in [9.17, 15) is 19.2 Å². The monoisotopic (exact) mass is 377 g/mol. The smallest absolute Gasteiger partial charge is 0.326 e. The highest BCUT2D eigenvalue weighted by atomic mass is 16.5. The molecule has 0 aliphatic carbocycles. The van der Waals surface area contributed by atoms with E-state index in [0.717, 1.165) is 5.56 Å². The molecule has 27 heavy (non-hydrogen) atoms. The second-order valence-electron chi connectivity index (χ2n) is 7.52. The lowest BCUT2D eigenvalue weighted by Crippen LogP contribution is -2.46. The number of carbonyl (C=O) groups is 4. The predicted molar refractivity (Wildman–Crippen MR) is 99.9 cm³/mol. The first-order valence-electron chi connectivity index (χ1n) is 8.60. The van der Waals surface area contributed by atoms with E-state index < -0.39 is 36.5 Å². The van der Waals surface area contributed by atoms with Crippen LogP contribution < -0.4 is 16.4 Å². The molecule has 0 heterocycles. The Balaban J connectivity index is 2.63. The molecule has 148 valence electrons. The van der Waals surface area contributed by atoms with Crippen LogP contribution in [0.5, 0.6) is 0 Å². The zero-order valence-electron chi connectivity index (χ0n) is 16.3. The number of hydrogen-bond acceptors (Lipinski definition) is 5. The normalized spacial score (nSPS) is 12.2. The summed E-state index contributed by atoms with van der Waals surface area (Å²) in [6.07, 6.45) is -1.19. The van der Waals surface area contributed by atoms with Crippen molar-refractivity contribution in [3.8, 4) is 0 Å². The van der Waals surface area contributed by atoms with E-state index in [4.69, 9.17) is 10.5 Å². The minimum atomic E-state index is -1.19. The summed E-state index contributed by atoms with van der Waals surface area (Å²) in [7, 11) is 0. The third-order valence-electron chi connectivity index (χ3n) is 3.78. The zero-order valence-corrected chi connectivity index (χ0v) is 16.3. The summed E-state index contributed by atoms with van der Waals surface area (Å²) >= 11 is 0. The van der Waals surface area contributed by atoms with Gasteiger partial charge in [-0.2, -0.15) is 0 Å². The number of ether oxygens (including phenoxy) is 1. The van der Waals surface area contributed by atoms with E-state index in [-0.39, 0.29) is 11.3 Å². The number of nitrogens with one attached hydrogen (secondary N) is 2. The Bertz CT molecular complexity index is 705. The number of primary amides is 1. The van der Waals surface area contributed by atoms with Crippen molar-refractivity contribution in [2.75, 3.05) is 6.54 Å². The number of nitrogens with two attached hydrogens (primary N) is 1. The van der Waals surface area contributed by atoms with E-state index in [0.29, 0.717) is 5.56 Å². The molecule has 1 atom stereocenters. The van der Waals surface area contributed by atoms with Crippen molar-refractivity contribution in [2.45, 2.75) is 46.1 Å². The first-order valence-corrected chi connectivity index (χ1v) is 8.60. The standard InChI is InChI=1S/C19H27N3O5/c1-11(2)15(17(25)22-18(20)26)27-14(23)10-21-16(24)12-6-8-13(9-7-12)19(3,4)5/h6-9,11,15H,10H2,1-5H3,(H,21,24)(H3,20,22,25,26). The average Bonchev–Trinajstić information content (AvgIpc) is 2.55. The fourth-order valence-corrected chi connectivity index (χ4v) is 2.24. The van der Waals surface area contributed by atoms with Crippen LogP contribution in [0.15, 0.2) is 24.3 Å². The Morgan fingerprint density at radius 1 is 1.07 bits per heavy atom. The molecule has 0 saturated carbocycles. The molecule has 0 aliphatic rings. The number of imide groups is 1. The van der Waals surface area contributed by atoms with Gasteiger partial charge in [0, 0.05) is 5.56 Å². The minimum Gasteiger partial charge on any atom is -0.451 e. The van der Waals surface area contributed by atoms with Crippen LogP contribution in [0.3, 0.4) is 0 Å². The lowest BCUT2D eigenvalue weighted by atomic mass is 9.87. The van der Waals surface area contributed by atoms with Crippen molar-refractivity contribution < 1.29 is 23.9 Å². The lowest BCUT2D eigenvalue weighted by Gasteiger charge is -2.20. The topological polar surface area (TPSA) is 128 Å². The van der Waals surface area contributed by atoms with Crippen molar-refractivity contribution >= 4 is 23.8 Å². The maximum absolute atomic E-state index is 12.1. The van der Waals surface area contributed by atoms with E-state index in [1.165, 1.54) is 0 Å². The van der Waals surface area contributed by atoms with Gasteiger partial charge in [0.05, 0.1) is 0 Å². The first-order chi connectivity index (χ1) is 12.4. The van der Waals surface area contributed by atoms with Gasteiger partial charge in [0.2, 0.25) is 0 Å². The molecule has 1 aromatic rings. The van der Waals surface area contributed by atoms with Gasteiger partial charge in [-0.05, 0) is 29.0 Å². The Kier molecular flexibility index (Phi) is 7.51. The molecule has 1 unspecified atom stereocenters. The summed E-state index contributed by atoms with van der Waals surface area (Å²) in [5.74, 6) is -2.42. The maximum atomic E-state index is 12.1. The largest absolute Gasteiger partial charge is 0.451 e. The van der Waals surface area contributed by atoms with Gasteiger partial charge in [0.1, 0.15) is 6.54 Å². The van der Waals surface area contributed by atoms with Gasteiger partial charge in [-0.25, -0.2) is 4.79 Å². The Morgan fingerprint density at radius 2 is 1.63 bits per heavy atom. The van der Waals surface area contributed by atoms with Gasteiger partial charge < -0.3 is 15.8 Å². The Morgan fingerprint density at radius 3 is 2.07 bits per heavy atom. The number of urea groups is 1. The Hall–Kier alpha value is -2.90. The van der Waals surface area contributed by atoms with Gasteiger partial charge in [-0.1, -0.05) is 46.8 Å². The van der Waals surface area contributed by atoms with E-state index in [1.54, 1.807) is 26.0 Å². The van der Waals surface area contributed by atoms with Gasteiger partial charge in [0.15, 0.2) is 6.10 Å². The summed E-state index contributed by atoms with van der Waals surface area (Å²) < 4.78 is 5.05.